The van der Waals surface area contributed by atoms with E-state index in [9.17, 15) is 0 Å². The third kappa shape index (κ3) is 4.43. The maximum absolute atomic E-state index is 6.40. The summed E-state index contributed by atoms with van der Waals surface area (Å²) in [6.45, 7) is 3.31. The number of benzene rings is 1. The molecule has 0 spiro atoms. The first-order valence-electron chi connectivity index (χ1n) is 9.38. The summed E-state index contributed by atoms with van der Waals surface area (Å²) in [5.74, 6) is 2.18. The van der Waals surface area contributed by atoms with Gasteiger partial charge in [-0.1, -0.05) is 40.7 Å². The molecule has 0 aliphatic carbocycles. The second-order valence-electron chi connectivity index (χ2n) is 6.48. The smallest absolute Gasteiger partial charge is 0.240 e. The van der Waals surface area contributed by atoms with Gasteiger partial charge in [0, 0.05) is 25.8 Å². The van der Waals surface area contributed by atoms with Crippen LogP contribution in [0.3, 0.4) is 0 Å². The van der Waals surface area contributed by atoms with Gasteiger partial charge in [0.1, 0.15) is 0 Å². The molecule has 0 amide bonds. The van der Waals surface area contributed by atoms with Gasteiger partial charge < -0.3 is 18.2 Å². The van der Waals surface area contributed by atoms with Crippen molar-refractivity contribution in [1.29, 1.82) is 0 Å². The number of hydrogen-bond donors (Lipinski definition) is 0. The molecule has 0 unspecified atom stereocenters. The summed E-state index contributed by atoms with van der Waals surface area (Å²) in [6.07, 6.45) is 2.39. The lowest BCUT2D eigenvalue weighted by atomic mass is 10.2. The minimum Gasteiger partial charge on any atom is -0.461 e. The number of methoxy groups -OCH3 is 1. The van der Waals surface area contributed by atoms with Crippen LogP contribution in [0, 0.1) is 0 Å². The molecule has 3 aromatic heterocycles. The first-order chi connectivity index (χ1) is 14.7. The molecule has 10 heteroatoms. The number of halogens is 1. The van der Waals surface area contributed by atoms with Crippen molar-refractivity contribution >= 4 is 23.4 Å². The Morgan fingerprint density at radius 3 is 2.83 bits per heavy atom. The van der Waals surface area contributed by atoms with Crippen LogP contribution in [0.25, 0.3) is 23.0 Å². The Morgan fingerprint density at radius 1 is 1.20 bits per heavy atom. The molecule has 3 heterocycles. The Morgan fingerprint density at radius 2 is 2.07 bits per heavy atom. The number of rotatable bonds is 9. The summed E-state index contributed by atoms with van der Waals surface area (Å²) in [5, 5.41) is 14.0. The van der Waals surface area contributed by atoms with Crippen LogP contribution in [0.1, 0.15) is 24.5 Å². The average molecular weight is 446 g/mol. The van der Waals surface area contributed by atoms with Crippen LogP contribution >= 0.6 is 23.4 Å². The van der Waals surface area contributed by atoms with E-state index in [-0.39, 0.29) is 5.25 Å². The lowest BCUT2D eigenvalue weighted by Gasteiger charge is -2.12. The summed E-state index contributed by atoms with van der Waals surface area (Å²) in [6, 6.07) is 11.2. The molecule has 0 saturated carbocycles. The summed E-state index contributed by atoms with van der Waals surface area (Å²) in [4.78, 5) is 4.44. The van der Waals surface area contributed by atoms with Crippen molar-refractivity contribution in [3.8, 4) is 23.0 Å². The zero-order valence-electron chi connectivity index (χ0n) is 16.5. The van der Waals surface area contributed by atoms with Crippen LogP contribution in [0.5, 0.6) is 0 Å². The predicted molar refractivity (Wildman–Crippen MR) is 113 cm³/mol. The predicted octanol–water partition coefficient (Wildman–Crippen LogP) is 5.13. The van der Waals surface area contributed by atoms with Crippen molar-refractivity contribution in [2.75, 3.05) is 13.7 Å². The molecule has 4 rings (SSSR count). The normalized spacial score (nSPS) is 12.4. The van der Waals surface area contributed by atoms with Gasteiger partial charge in [-0.15, -0.1) is 10.2 Å². The summed E-state index contributed by atoms with van der Waals surface area (Å²) in [5.41, 5.74) is 0.835. The molecule has 1 atom stereocenters. The standard InChI is InChI=1S/C20H20ClN5O3S/c1-13(19-22-17(25-29-19)16-9-5-12-28-16)30-20-24-23-18(26(20)10-6-11-27-2)14-7-3-4-8-15(14)21/h3-5,7-9,12-13H,6,10-11H2,1-2H3/t13-/m1/s1. The van der Waals surface area contributed by atoms with Crippen LogP contribution in [0.2, 0.25) is 5.02 Å². The first kappa shape index (κ1) is 20.6. The third-order valence-electron chi connectivity index (χ3n) is 4.38. The highest BCUT2D eigenvalue weighted by molar-refractivity contribution is 7.99. The quantitative estimate of drug-likeness (QED) is 0.258. The molecule has 0 aliphatic rings. The molecular formula is C20H20ClN5O3S. The van der Waals surface area contributed by atoms with E-state index < -0.39 is 0 Å². The molecule has 156 valence electrons. The Balaban J connectivity index is 1.59. The Hall–Kier alpha value is -2.62. The molecule has 0 bridgehead atoms. The third-order valence-corrected chi connectivity index (χ3v) is 5.77. The fraction of sp³-hybridized carbons (Fsp3) is 0.300. The van der Waals surface area contributed by atoms with E-state index in [0.29, 0.717) is 41.5 Å². The van der Waals surface area contributed by atoms with Gasteiger partial charge in [-0.25, -0.2) is 0 Å². The minimum absolute atomic E-state index is 0.134. The summed E-state index contributed by atoms with van der Waals surface area (Å²) >= 11 is 7.89. The zero-order chi connectivity index (χ0) is 20.9. The van der Waals surface area contributed by atoms with Crippen molar-refractivity contribution in [2.45, 2.75) is 30.3 Å². The molecular weight excluding hydrogens is 426 g/mol. The van der Waals surface area contributed by atoms with Crippen molar-refractivity contribution in [3.63, 3.8) is 0 Å². The number of nitrogens with zero attached hydrogens (tertiary/aromatic N) is 5. The number of ether oxygens (including phenoxy) is 1. The monoisotopic (exact) mass is 445 g/mol. The van der Waals surface area contributed by atoms with Gasteiger partial charge >= 0.3 is 0 Å². The molecule has 0 N–H and O–H groups in total. The van der Waals surface area contributed by atoms with Crippen molar-refractivity contribution in [1.82, 2.24) is 24.9 Å². The van der Waals surface area contributed by atoms with Gasteiger partial charge in [0.2, 0.25) is 11.7 Å². The van der Waals surface area contributed by atoms with Crippen LogP contribution in [-0.2, 0) is 11.3 Å². The van der Waals surface area contributed by atoms with Crippen LogP contribution in [0.15, 0.2) is 56.8 Å². The second kappa shape index (κ2) is 9.46. The zero-order valence-corrected chi connectivity index (χ0v) is 18.1. The van der Waals surface area contributed by atoms with Crippen molar-refractivity contribution in [2.24, 2.45) is 0 Å². The summed E-state index contributed by atoms with van der Waals surface area (Å²) in [7, 11) is 1.69. The van der Waals surface area contributed by atoms with Gasteiger partial charge in [-0.3, -0.25) is 0 Å². The fourth-order valence-electron chi connectivity index (χ4n) is 2.90. The molecule has 30 heavy (non-hydrogen) atoms. The molecule has 0 saturated heterocycles. The first-order valence-corrected chi connectivity index (χ1v) is 10.6. The number of furan rings is 1. The Labute approximate surface area is 182 Å². The molecule has 8 nitrogen and oxygen atoms in total. The van der Waals surface area contributed by atoms with E-state index in [1.165, 1.54) is 11.8 Å². The van der Waals surface area contributed by atoms with E-state index >= 15 is 0 Å². The Bertz CT molecular complexity index is 1100. The van der Waals surface area contributed by atoms with Gasteiger partial charge in [-0.05, 0) is 37.6 Å². The molecule has 0 aliphatic heterocycles. The van der Waals surface area contributed by atoms with Gasteiger partial charge in [0.05, 0.1) is 16.5 Å². The number of aromatic nitrogens is 5. The van der Waals surface area contributed by atoms with Crippen LogP contribution in [-0.4, -0.2) is 38.6 Å². The lowest BCUT2D eigenvalue weighted by molar-refractivity contribution is 0.189. The maximum Gasteiger partial charge on any atom is 0.240 e. The minimum atomic E-state index is -0.134. The second-order valence-corrected chi connectivity index (χ2v) is 8.19. The van der Waals surface area contributed by atoms with E-state index in [0.717, 1.165) is 17.1 Å². The van der Waals surface area contributed by atoms with Crippen LogP contribution < -0.4 is 0 Å². The van der Waals surface area contributed by atoms with Crippen LogP contribution in [0.4, 0.5) is 0 Å². The molecule has 1 aromatic carbocycles. The fourth-order valence-corrected chi connectivity index (χ4v) is 4.03. The van der Waals surface area contributed by atoms with E-state index in [1.54, 1.807) is 25.5 Å². The molecule has 0 fully saturated rings. The average Bonchev–Trinajstić information content (AvgIpc) is 3.50. The highest BCUT2D eigenvalue weighted by Gasteiger charge is 2.22. The van der Waals surface area contributed by atoms with Gasteiger partial charge in [-0.2, -0.15) is 4.98 Å². The Kier molecular flexibility index (Phi) is 6.51. The SMILES string of the molecule is COCCCn1c(S[C@H](C)c2nc(-c3ccco3)no2)nnc1-c1ccccc1Cl. The van der Waals surface area contributed by atoms with E-state index in [4.69, 9.17) is 25.3 Å². The van der Waals surface area contributed by atoms with Gasteiger partial charge in [0.25, 0.3) is 0 Å². The van der Waals surface area contributed by atoms with Crippen molar-refractivity contribution in [3.05, 3.63) is 53.6 Å². The number of hydrogen-bond acceptors (Lipinski definition) is 8. The van der Waals surface area contributed by atoms with E-state index in [1.807, 2.05) is 35.8 Å². The highest BCUT2D eigenvalue weighted by atomic mass is 35.5. The lowest BCUT2D eigenvalue weighted by Crippen LogP contribution is -2.06. The summed E-state index contributed by atoms with van der Waals surface area (Å²) < 4.78 is 18.0. The van der Waals surface area contributed by atoms with E-state index in [2.05, 4.69) is 20.3 Å². The molecule has 4 aromatic rings. The molecule has 0 radical (unpaired) electrons. The largest absolute Gasteiger partial charge is 0.461 e. The highest BCUT2D eigenvalue weighted by Crippen LogP contribution is 2.36. The maximum atomic E-state index is 6.40. The number of thioether (sulfide) groups is 1. The topological polar surface area (TPSA) is 92.0 Å². The van der Waals surface area contributed by atoms with Crippen molar-refractivity contribution < 1.29 is 13.7 Å². The van der Waals surface area contributed by atoms with Gasteiger partial charge in [0.15, 0.2) is 16.7 Å².